The van der Waals surface area contributed by atoms with E-state index in [4.69, 9.17) is 11.5 Å². The number of hydrogen-bond acceptors (Lipinski definition) is 11. The summed E-state index contributed by atoms with van der Waals surface area (Å²) in [6.07, 6.45) is 4.99. The van der Waals surface area contributed by atoms with Gasteiger partial charge in [0.25, 0.3) is 0 Å². The molecule has 12 heteroatoms. The topological polar surface area (TPSA) is 179 Å². The molecule has 0 fully saturated rings. The van der Waals surface area contributed by atoms with Crippen LogP contribution in [0.3, 0.4) is 0 Å². The van der Waals surface area contributed by atoms with Crippen molar-refractivity contribution in [1.29, 1.82) is 0 Å². The normalized spacial score (nSPS) is 12.1. The van der Waals surface area contributed by atoms with Crippen molar-refractivity contribution in [2.24, 2.45) is 0 Å². The monoisotopic (exact) mass is 779 g/mol. The molecule has 4 heterocycles. The van der Waals surface area contributed by atoms with Crippen molar-refractivity contribution in [2.45, 2.75) is 40.5 Å². The molecule has 0 unspecified atom stereocenters. The van der Waals surface area contributed by atoms with Crippen molar-refractivity contribution in [3.63, 3.8) is 0 Å². The van der Waals surface area contributed by atoms with Gasteiger partial charge in [-0.2, -0.15) is 5.10 Å². The summed E-state index contributed by atoms with van der Waals surface area (Å²) < 4.78 is 0. The van der Waals surface area contributed by atoms with E-state index in [1.54, 1.807) is 17.5 Å². The lowest BCUT2D eigenvalue weighted by Crippen LogP contribution is -2.05. The van der Waals surface area contributed by atoms with Crippen molar-refractivity contribution in [3.8, 4) is 45.0 Å². The van der Waals surface area contributed by atoms with Gasteiger partial charge >= 0.3 is 0 Å². The SMILES string of the molecule is Cc1ccc(-c2nc(N)nc3c2C(=O)c2cccc(Cc4cn[nH]c4)c2-3)cc1.Cc1ccc(-c2nc(N)nc3c2C(=O)c2cccc(Cc4sc(C)nc4C)c2-3)cc1. The molecule has 0 saturated heterocycles. The number of carbonyl (C=O) groups is 2. The number of nitrogens with two attached hydrogens (primary N) is 2. The second-order valence-electron chi connectivity index (χ2n) is 14.6. The second-order valence-corrected chi connectivity index (χ2v) is 15.9. The number of aromatic nitrogens is 7. The number of rotatable bonds is 6. The Balaban J connectivity index is 0.000000151. The summed E-state index contributed by atoms with van der Waals surface area (Å²) in [4.78, 5) is 50.3. The van der Waals surface area contributed by atoms with E-state index in [9.17, 15) is 9.59 Å². The number of aromatic amines is 1. The van der Waals surface area contributed by atoms with Gasteiger partial charge in [0.15, 0.2) is 11.6 Å². The Morgan fingerprint density at radius 2 is 1.05 bits per heavy atom. The molecule has 11 nitrogen and oxygen atoms in total. The van der Waals surface area contributed by atoms with Crippen LogP contribution in [0, 0.1) is 27.7 Å². The van der Waals surface area contributed by atoms with Crippen LogP contribution in [-0.4, -0.2) is 46.7 Å². The van der Waals surface area contributed by atoms with Gasteiger partial charge in [0.1, 0.15) is 0 Å². The molecule has 4 aromatic carbocycles. The maximum atomic E-state index is 13.4. The molecule has 2 aliphatic carbocycles. The van der Waals surface area contributed by atoms with Gasteiger partial charge in [-0.05, 0) is 44.4 Å². The Labute approximate surface area is 338 Å². The van der Waals surface area contributed by atoms with Gasteiger partial charge < -0.3 is 11.5 Å². The molecule has 58 heavy (non-hydrogen) atoms. The Kier molecular flexibility index (Phi) is 9.05. The van der Waals surface area contributed by atoms with Crippen molar-refractivity contribution in [1.82, 2.24) is 35.1 Å². The van der Waals surface area contributed by atoms with Crippen LogP contribution in [0.1, 0.15) is 75.2 Å². The summed E-state index contributed by atoms with van der Waals surface area (Å²) in [5, 5.41) is 7.88. The zero-order valence-electron chi connectivity index (χ0n) is 32.2. The fourth-order valence-corrected chi connectivity index (χ4v) is 8.76. The molecule has 0 saturated carbocycles. The van der Waals surface area contributed by atoms with E-state index in [2.05, 4.69) is 41.2 Å². The van der Waals surface area contributed by atoms with Crippen LogP contribution < -0.4 is 11.5 Å². The highest BCUT2D eigenvalue weighted by molar-refractivity contribution is 7.11. The zero-order valence-corrected chi connectivity index (χ0v) is 33.0. The molecule has 0 bridgehead atoms. The molecule has 0 amide bonds. The number of ketones is 2. The first-order chi connectivity index (χ1) is 28.0. The Hall–Kier alpha value is -7.18. The van der Waals surface area contributed by atoms with Crippen molar-refractivity contribution < 1.29 is 9.59 Å². The molecular formula is C46H37N9O2S. The number of fused-ring (bicyclic) bond motifs is 6. The summed E-state index contributed by atoms with van der Waals surface area (Å²) in [5.41, 5.74) is 26.7. The Bertz CT molecular complexity index is 2940. The minimum Gasteiger partial charge on any atom is -0.368 e. The minimum atomic E-state index is -0.0605. The highest BCUT2D eigenvalue weighted by atomic mass is 32.1. The molecule has 8 aromatic rings. The van der Waals surface area contributed by atoms with E-state index in [0.717, 1.165) is 60.8 Å². The van der Waals surface area contributed by atoms with E-state index < -0.39 is 0 Å². The number of benzene rings is 4. The van der Waals surface area contributed by atoms with Crippen LogP contribution in [0.15, 0.2) is 97.3 Å². The van der Waals surface area contributed by atoms with Gasteiger partial charge in [-0.25, -0.2) is 24.9 Å². The number of thiazole rings is 1. The standard InChI is InChI=1S/C24H20N4OS.C22H17N5O/c1-12-7-9-15(10-8-12)21-20-22(28-24(25)27-21)19-16(5-4-6-17(19)23(20)29)11-18-13(2)26-14(3)30-18;1-12-5-7-14(8-6-12)19-18-20(27-22(23)26-19)17-15(9-13-10-24-25-11-13)3-2-4-16(17)21(18)28/h4-10H,11H2,1-3H3,(H2,25,27,28);2-8,10-11H,9H2,1H3,(H,24,25)(H2,23,26,27). The fourth-order valence-electron chi connectivity index (χ4n) is 7.80. The molecule has 0 radical (unpaired) electrons. The number of carbonyl (C=O) groups excluding carboxylic acids is 2. The van der Waals surface area contributed by atoms with Crippen LogP contribution in [0.25, 0.3) is 45.0 Å². The molecule has 10 rings (SSSR count). The summed E-state index contributed by atoms with van der Waals surface area (Å²) in [6.45, 7) is 8.08. The van der Waals surface area contributed by atoms with Gasteiger partial charge in [0.05, 0.1) is 50.8 Å². The average Bonchev–Trinajstić information content (AvgIpc) is 3.97. The van der Waals surface area contributed by atoms with E-state index in [1.807, 2.05) is 113 Å². The predicted molar refractivity (Wildman–Crippen MR) is 227 cm³/mol. The molecule has 0 spiro atoms. The Morgan fingerprint density at radius 3 is 1.50 bits per heavy atom. The molecule has 4 aromatic heterocycles. The third-order valence-electron chi connectivity index (χ3n) is 10.5. The predicted octanol–water partition coefficient (Wildman–Crippen LogP) is 8.47. The van der Waals surface area contributed by atoms with Crippen LogP contribution in [0.4, 0.5) is 11.9 Å². The van der Waals surface area contributed by atoms with Crippen molar-refractivity contribution in [3.05, 3.63) is 163 Å². The Morgan fingerprint density at radius 1 is 0.569 bits per heavy atom. The van der Waals surface area contributed by atoms with Crippen molar-refractivity contribution >= 4 is 34.8 Å². The number of H-pyrrole nitrogens is 1. The molecule has 0 atom stereocenters. The number of nitrogens with one attached hydrogen (secondary N) is 1. The van der Waals surface area contributed by atoms with Gasteiger partial charge in [-0.15, -0.1) is 11.3 Å². The van der Waals surface area contributed by atoms with Crippen LogP contribution in [0.5, 0.6) is 0 Å². The molecule has 5 N–H and O–H groups in total. The summed E-state index contributed by atoms with van der Waals surface area (Å²) in [5.74, 6) is 0.224. The lowest BCUT2D eigenvalue weighted by atomic mass is 9.98. The number of nitrogen functional groups attached to an aromatic ring is 2. The minimum absolute atomic E-state index is 0.0466. The first-order valence-corrected chi connectivity index (χ1v) is 19.6. The highest BCUT2D eigenvalue weighted by Crippen LogP contribution is 2.44. The third-order valence-corrected chi connectivity index (χ3v) is 11.6. The number of nitrogens with zero attached hydrogens (tertiary/aromatic N) is 6. The van der Waals surface area contributed by atoms with E-state index in [-0.39, 0.29) is 23.5 Å². The quantitative estimate of drug-likeness (QED) is 0.148. The van der Waals surface area contributed by atoms with Crippen LogP contribution in [-0.2, 0) is 12.8 Å². The maximum Gasteiger partial charge on any atom is 0.221 e. The lowest BCUT2D eigenvalue weighted by Gasteiger charge is -2.10. The fraction of sp³-hybridized carbons (Fsp3) is 0.130. The summed E-state index contributed by atoms with van der Waals surface area (Å²) in [6, 6.07) is 27.5. The molecule has 0 aliphatic heterocycles. The lowest BCUT2D eigenvalue weighted by molar-refractivity contribution is 0.103. The van der Waals surface area contributed by atoms with Crippen LogP contribution in [0.2, 0.25) is 0 Å². The van der Waals surface area contributed by atoms with Gasteiger partial charge in [-0.1, -0.05) is 96.1 Å². The van der Waals surface area contributed by atoms with Gasteiger partial charge in [-0.3, -0.25) is 14.7 Å². The second kappa shape index (κ2) is 14.4. The highest BCUT2D eigenvalue weighted by Gasteiger charge is 2.36. The zero-order chi connectivity index (χ0) is 40.2. The van der Waals surface area contributed by atoms with E-state index >= 15 is 0 Å². The summed E-state index contributed by atoms with van der Waals surface area (Å²) >= 11 is 1.69. The van der Waals surface area contributed by atoms with Crippen LogP contribution >= 0.6 is 11.3 Å². The number of hydrogen-bond donors (Lipinski definition) is 3. The first-order valence-electron chi connectivity index (χ1n) is 18.8. The van der Waals surface area contributed by atoms with Crippen molar-refractivity contribution in [2.75, 3.05) is 11.5 Å². The molecule has 284 valence electrons. The van der Waals surface area contributed by atoms with E-state index in [0.29, 0.717) is 57.9 Å². The number of aryl methyl sites for hydroxylation is 4. The maximum absolute atomic E-state index is 13.4. The smallest absolute Gasteiger partial charge is 0.221 e. The van der Waals surface area contributed by atoms with E-state index in [1.165, 1.54) is 4.88 Å². The molecular weight excluding hydrogens is 743 g/mol. The summed E-state index contributed by atoms with van der Waals surface area (Å²) in [7, 11) is 0. The largest absolute Gasteiger partial charge is 0.368 e. The number of anilines is 2. The first kappa shape index (κ1) is 36.5. The third kappa shape index (κ3) is 6.42. The van der Waals surface area contributed by atoms with Gasteiger partial charge in [0, 0.05) is 57.3 Å². The average molecular weight is 780 g/mol. The molecule has 2 aliphatic rings. The van der Waals surface area contributed by atoms with Gasteiger partial charge in [0.2, 0.25) is 11.9 Å².